The summed E-state index contributed by atoms with van der Waals surface area (Å²) in [5.41, 5.74) is 1.92. The number of rotatable bonds is 2. The third kappa shape index (κ3) is 1.89. The van der Waals surface area contributed by atoms with Gasteiger partial charge in [0.25, 0.3) is 0 Å². The number of hydrogen-bond donors (Lipinski definition) is 0. The highest BCUT2D eigenvalue weighted by Crippen LogP contribution is 2.38. The molecule has 5 heteroatoms. The third-order valence-corrected chi connectivity index (χ3v) is 4.56. The van der Waals surface area contributed by atoms with Gasteiger partial charge in [0, 0.05) is 17.8 Å². The van der Waals surface area contributed by atoms with Crippen LogP contribution in [0.25, 0.3) is 0 Å². The van der Waals surface area contributed by atoms with Crippen LogP contribution in [0.15, 0.2) is 24.3 Å². The van der Waals surface area contributed by atoms with Gasteiger partial charge in [-0.2, -0.15) is 0 Å². The van der Waals surface area contributed by atoms with Gasteiger partial charge in [0.15, 0.2) is 0 Å². The predicted octanol–water partition coefficient (Wildman–Crippen LogP) is 1.87. The molecule has 0 fully saturated rings. The summed E-state index contributed by atoms with van der Waals surface area (Å²) in [6, 6.07) is 7.54. The fourth-order valence-corrected chi connectivity index (χ4v) is 3.45. The highest BCUT2D eigenvalue weighted by Gasteiger charge is 2.40. The van der Waals surface area contributed by atoms with Crippen molar-refractivity contribution in [2.75, 3.05) is 7.11 Å². The summed E-state index contributed by atoms with van der Waals surface area (Å²) < 4.78 is 27.9. The lowest BCUT2D eigenvalue weighted by Crippen LogP contribution is -2.22. The second-order valence-corrected chi connectivity index (χ2v) is 6.42. The Morgan fingerprint density at radius 3 is 2.67 bits per heavy atom. The zero-order valence-electron chi connectivity index (χ0n) is 8.18. The zero-order valence-corrected chi connectivity index (χ0v) is 9.75. The van der Waals surface area contributed by atoms with Crippen molar-refractivity contribution in [2.45, 2.75) is 17.8 Å². The van der Waals surface area contributed by atoms with Crippen LogP contribution in [0.2, 0.25) is 0 Å². The Labute approximate surface area is 93.4 Å². The van der Waals surface area contributed by atoms with Gasteiger partial charge in [-0.1, -0.05) is 24.3 Å². The van der Waals surface area contributed by atoms with Gasteiger partial charge < -0.3 is 4.74 Å². The maximum Gasteiger partial charge on any atom is 0.238 e. The molecule has 3 nitrogen and oxygen atoms in total. The summed E-state index contributed by atoms with van der Waals surface area (Å²) in [5, 5.41) is -0.665. The molecule has 15 heavy (non-hydrogen) atoms. The van der Waals surface area contributed by atoms with Crippen molar-refractivity contribution in [1.29, 1.82) is 0 Å². The Balaban J connectivity index is 2.46. The molecule has 0 bridgehead atoms. The number of benzene rings is 1. The second-order valence-electron chi connectivity index (χ2n) is 3.57. The van der Waals surface area contributed by atoms with Crippen LogP contribution in [-0.4, -0.2) is 20.8 Å². The van der Waals surface area contributed by atoms with E-state index in [1.165, 1.54) is 7.11 Å². The van der Waals surface area contributed by atoms with Crippen molar-refractivity contribution >= 4 is 19.7 Å². The smallest absolute Gasteiger partial charge is 0.238 e. The first-order valence-corrected chi connectivity index (χ1v) is 6.95. The van der Waals surface area contributed by atoms with Crippen molar-refractivity contribution in [3.63, 3.8) is 0 Å². The van der Waals surface area contributed by atoms with E-state index in [2.05, 4.69) is 0 Å². The Bertz CT molecular complexity index is 469. The zero-order chi connectivity index (χ0) is 11.1. The molecule has 1 aromatic rings. The lowest BCUT2D eigenvalue weighted by atomic mass is 10.1. The average Bonchev–Trinajstić information content (AvgIpc) is 2.55. The molecular formula is C10H11ClO3S. The molecule has 2 atom stereocenters. The van der Waals surface area contributed by atoms with Crippen molar-refractivity contribution in [3.05, 3.63) is 35.4 Å². The van der Waals surface area contributed by atoms with E-state index in [4.69, 9.17) is 15.4 Å². The van der Waals surface area contributed by atoms with E-state index in [9.17, 15) is 8.42 Å². The molecule has 0 saturated carbocycles. The van der Waals surface area contributed by atoms with Crippen LogP contribution in [0, 0.1) is 0 Å². The number of methoxy groups -OCH3 is 1. The first kappa shape index (κ1) is 10.9. The monoisotopic (exact) mass is 246 g/mol. The van der Waals surface area contributed by atoms with Crippen LogP contribution in [0.3, 0.4) is 0 Å². The summed E-state index contributed by atoms with van der Waals surface area (Å²) in [6.07, 6.45) is -0.00995. The Hall–Kier alpha value is -0.580. The Morgan fingerprint density at radius 2 is 2.07 bits per heavy atom. The predicted molar refractivity (Wildman–Crippen MR) is 58.5 cm³/mol. The van der Waals surface area contributed by atoms with Crippen LogP contribution >= 0.6 is 10.7 Å². The van der Waals surface area contributed by atoms with E-state index < -0.39 is 20.4 Å². The Morgan fingerprint density at radius 1 is 1.40 bits per heavy atom. The molecule has 1 aromatic carbocycles. The largest absolute Gasteiger partial charge is 0.375 e. The molecule has 2 rings (SSSR count). The van der Waals surface area contributed by atoms with E-state index in [1.54, 1.807) is 0 Å². The summed E-state index contributed by atoms with van der Waals surface area (Å²) in [5.74, 6) is 0. The molecule has 82 valence electrons. The second kappa shape index (κ2) is 3.77. The molecule has 0 radical (unpaired) electrons. The normalized spacial score (nSPS) is 25.2. The van der Waals surface area contributed by atoms with Gasteiger partial charge in [-0.3, -0.25) is 0 Å². The highest BCUT2D eigenvalue weighted by atomic mass is 35.7. The first-order chi connectivity index (χ1) is 7.04. The van der Waals surface area contributed by atoms with Crippen molar-refractivity contribution in [2.24, 2.45) is 0 Å². The topological polar surface area (TPSA) is 43.4 Å². The van der Waals surface area contributed by atoms with Crippen LogP contribution in [-0.2, 0) is 20.2 Å². The van der Waals surface area contributed by atoms with E-state index >= 15 is 0 Å². The van der Waals surface area contributed by atoms with E-state index in [0.29, 0.717) is 6.42 Å². The molecule has 1 aliphatic rings. The molecule has 0 spiro atoms. The first-order valence-electron chi connectivity index (χ1n) is 4.58. The number of ether oxygens (including phenoxy) is 1. The lowest BCUT2D eigenvalue weighted by molar-refractivity contribution is 0.108. The minimum atomic E-state index is -3.58. The quantitative estimate of drug-likeness (QED) is 0.749. The summed E-state index contributed by atoms with van der Waals surface area (Å²) in [7, 11) is 3.31. The van der Waals surface area contributed by atoms with Crippen molar-refractivity contribution < 1.29 is 13.2 Å². The number of halogens is 1. The Kier molecular flexibility index (Phi) is 2.75. The number of hydrogen-bond acceptors (Lipinski definition) is 3. The van der Waals surface area contributed by atoms with Crippen molar-refractivity contribution in [3.8, 4) is 0 Å². The third-order valence-electron chi connectivity index (χ3n) is 2.74. The molecule has 0 amide bonds. The van der Waals surface area contributed by atoms with Crippen molar-refractivity contribution in [1.82, 2.24) is 0 Å². The number of fused-ring (bicyclic) bond motifs is 1. The fraction of sp³-hybridized carbons (Fsp3) is 0.400. The van der Waals surface area contributed by atoms with Crippen LogP contribution < -0.4 is 0 Å². The fourth-order valence-electron chi connectivity index (χ4n) is 2.05. The molecule has 0 N–H and O–H groups in total. The van der Waals surface area contributed by atoms with Gasteiger partial charge in [-0.05, 0) is 17.5 Å². The van der Waals surface area contributed by atoms with Crippen LogP contribution in [0.1, 0.15) is 17.2 Å². The highest BCUT2D eigenvalue weighted by molar-refractivity contribution is 8.14. The van der Waals surface area contributed by atoms with Crippen LogP contribution in [0.5, 0.6) is 0 Å². The molecule has 0 heterocycles. The molecule has 0 saturated heterocycles. The van der Waals surface area contributed by atoms with E-state index in [0.717, 1.165) is 11.1 Å². The van der Waals surface area contributed by atoms with Gasteiger partial charge in [-0.25, -0.2) is 8.42 Å². The summed E-state index contributed by atoms with van der Waals surface area (Å²) in [6.45, 7) is 0. The molecular weight excluding hydrogens is 236 g/mol. The van der Waals surface area contributed by atoms with Gasteiger partial charge in [0.1, 0.15) is 11.4 Å². The van der Waals surface area contributed by atoms with E-state index in [1.807, 2.05) is 24.3 Å². The SMILES string of the molecule is CO[C@H]1c2ccccc2C[C@@H]1S(=O)(=O)Cl. The summed E-state index contributed by atoms with van der Waals surface area (Å²) in [4.78, 5) is 0. The molecule has 0 unspecified atom stereocenters. The lowest BCUT2D eigenvalue weighted by Gasteiger charge is -2.15. The van der Waals surface area contributed by atoms with Crippen LogP contribution in [0.4, 0.5) is 0 Å². The van der Waals surface area contributed by atoms with Gasteiger partial charge in [-0.15, -0.1) is 0 Å². The van der Waals surface area contributed by atoms with Gasteiger partial charge in [0.2, 0.25) is 9.05 Å². The minimum Gasteiger partial charge on any atom is -0.375 e. The molecule has 1 aliphatic carbocycles. The average molecular weight is 247 g/mol. The standard InChI is InChI=1S/C10H11ClO3S/c1-14-10-8-5-3-2-4-7(8)6-9(10)15(11,12)13/h2-5,9-10H,6H2,1H3/t9-,10-/m0/s1. The molecule has 0 aliphatic heterocycles. The minimum absolute atomic E-state index is 0.431. The van der Waals surface area contributed by atoms with Gasteiger partial charge >= 0.3 is 0 Å². The molecule has 0 aromatic heterocycles. The van der Waals surface area contributed by atoms with Gasteiger partial charge in [0.05, 0.1) is 0 Å². The summed E-state index contributed by atoms with van der Waals surface area (Å²) >= 11 is 0. The van der Waals surface area contributed by atoms with E-state index in [-0.39, 0.29) is 0 Å². The maximum atomic E-state index is 11.4. The maximum absolute atomic E-state index is 11.4.